The Bertz CT molecular complexity index is 227. The summed E-state index contributed by atoms with van der Waals surface area (Å²) in [6, 6.07) is 0.357. The molecule has 0 bridgehead atoms. The molecule has 4 nitrogen and oxygen atoms in total. The Morgan fingerprint density at radius 2 is 2.36 bits per heavy atom. The fraction of sp³-hybridized carbons (Fsp3) is 0.700. The van der Waals surface area contributed by atoms with Gasteiger partial charge in [0, 0.05) is 25.9 Å². The lowest BCUT2D eigenvalue weighted by molar-refractivity contribution is -0.134. The summed E-state index contributed by atoms with van der Waals surface area (Å²) in [6.07, 6.45) is 4.39. The number of hydrogen-bond donors (Lipinski definition) is 0. The van der Waals surface area contributed by atoms with Crippen molar-refractivity contribution in [2.24, 2.45) is 0 Å². The van der Waals surface area contributed by atoms with Gasteiger partial charge in [0.1, 0.15) is 0 Å². The van der Waals surface area contributed by atoms with E-state index >= 15 is 0 Å². The van der Waals surface area contributed by atoms with Crippen LogP contribution in [0.5, 0.6) is 0 Å². The van der Waals surface area contributed by atoms with Crippen LogP contribution in [0, 0.1) is 0 Å². The predicted molar refractivity (Wildman–Crippen MR) is 52.7 cm³/mol. The smallest absolute Gasteiger partial charge is 0.331 e. The molecule has 0 radical (unpaired) electrons. The Morgan fingerprint density at radius 3 is 2.86 bits per heavy atom. The molecule has 1 heterocycles. The second kappa shape index (κ2) is 5.00. The van der Waals surface area contributed by atoms with Gasteiger partial charge in [0.15, 0.2) is 0 Å². The van der Waals surface area contributed by atoms with E-state index in [0.29, 0.717) is 6.04 Å². The van der Waals surface area contributed by atoms with E-state index in [1.807, 2.05) is 18.9 Å². The van der Waals surface area contributed by atoms with Crippen LogP contribution in [0.15, 0.2) is 12.3 Å². The van der Waals surface area contributed by atoms with Crippen LogP contribution in [0.1, 0.15) is 13.3 Å². The highest BCUT2D eigenvalue weighted by Crippen LogP contribution is 2.18. The van der Waals surface area contributed by atoms with Crippen molar-refractivity contribution >= 4 is 5.97 Å². The Balaban J connectivity index is 2.44. The molecule has 1 saturated heterocycles. The number of ether oxygens (including phenoxy) is 2. The monoisotopic (exact) mass is 199 g/mol. The number of nitrogens with zero attached hydrogens (tertiary/aromatic N) is 1. The van der Waals surface area contributed by atoms with Gasteiger partial charge in [-0.1, -0.05) is 0 Å². The second-order valence-corrected chi connectivity index (χ2v) is 3.44. The van der Waals surface area contributed by atoms with Gasteiger partial charge in [-0.2, -0.15) is 0 Å². The minimum atomic E-state index is -0.330. The summed E-state index contributed by atoms with van der Waals surface area (Å²) in [6.45, 7) is 2.84. The zero-order valence-electron chi connectivity index (χ0n) is 8.90. The molecule has 14 heavy (non-hydrogen) atoms. The van der Waals surface area contributed by atoms with Gasteiger partial charge >= 0.3 is 5.97 Å². The molecular weight excluding hydrogens is 182 g/mol. The molecule has 1 aliphatic heterocycles. The molecule has 1 fully saturated rings. The Morgan fingerprint density at radius 1 is 1.64 bits per heavy atom. The van der Waals surface area contributed by atoms with E-state index in [0.717, 1.165) is 13.0 Å². The van der Waals surface area contributed by atoms with E-state index in [4.69, 9.17) is 4.74 Å². The molecule has 0 aromatic heterocycles. The lowest BCUT2D eigenvalue weighted by Crippen LogP contribution is -2.32. The summed E-state index contributed by atoms with van der Waals surface area (Å²) in [7, 11) is 3.31. The first kappa shape index (κ1) is 11.0. The molecule has 0 amide bonds. The average molecular weight is 199 g/mol. The number of carbonyl (C=O) groups is 1. The van der Waals surface area contributed by atoms with E-state index in [1.54, 1.807) is 6.20 Å². The predicted octanol–water partition coefficient (Wildman–Crippen LogP) is 0.782. The van der Waals surface area contributed by atoms with Crippen LogP contribution in [0.25, 0.3) is 0 Å². The molecular formula is C10H17NO3. The van der Waals surface area contributed by atoms with Gasteiger partial charge < -0.3 is 14.4 Å². The highest BCUT2D eigenvalue weighted by molar-refractivity contribution is 5.81. The normalized spacial score (nSPS) is 26.8. The third kappa shape index (κ3) is 2.73. The molecule has 1 rings (SSSR count). The lowest BCUT2D eigenvalue weighted by atomic mass is 10.1. The molecule has 2 atom stereocenters. The summed E-state index contributed by atoms with van der Waals surface area (Å²) in [5.41, 5.74) is 0. The Labute approximate surface area is 84.5 Å². The van der Waals surface area contributed by atoms with Crippen LogP contribution < -0.4 is 0 Å². The van der Waals surface area contributed by atoms with Crippen molar-refractivity contribution in [3.63, 3.8) is 0 Å². The molecule has 0 saturated carbocycles. The van der Waals surface area contributed by atoms with Crippen molar-refractivity contribution in [1.82, 2.24) is 4.90 Å². The molecule has 2 unspecified atom stereocenters. The van der Waals surface area contributed by atoms with E-state index in [2.05, 4.69) is 4.74 Å². The van der Waals surface area contributed by atoms with Crippen LogP contribution in [-0.2, 0) is 14.3 Å². The highest BCUT2D eigenvalue weighted by atomic mass is 16.5. The van der Waals surface area contributed by atoms with Crippen molar-refractivity contribution < 1.29 is 14.3 Å². The van der Waals surface area contributed by atoms with Gasteiger partial charge in [0.05, 0.1) is 19.3 Å². The molecule has 80 valence electrons. The quantitative estimate of drug-likeness (QED) is 0.497. The molecule has 0 aliphatic carbocycles. The number of carbonyl (C=O) groups excluding carboxylic acids is 1. The maximum absolute atomic E-state index is 10.8. The summed E-state index contributed by atoms with van der Waals surface area (Å²) < 4.78 is 9.93. The molecule has 0 N–H and O–H groups in total. The average Bonchev–Trinajstić information content (AvgIpc) is 2.60. The Kier molecular flexibility index (Phi) is 3.95. The third-order valence-electron chi connectivity index (χ3n) is 2.51. The highest BCUT2D eigenvalue weighted by Gasteiger charge is 2.26. The molecule has 0 aromatic rings. The van der Waals surface area contributed by atoms with Crippen LogP contribution in [0.4, 0.5) is 0 Å². The summed E-state index contributed by atoms with van der Waals surface area (Å²) in [5.74, 6) is -0.330. The zero-order chi connectivity index (χ0) is 10.6. The summed E-state index contributed by atoms with van der Waals surface area (Å²) in [4.78, 5) is 12.8. The number of esters is 1. The topological polar surface area (TPSA) is 38.8 Å². The molecule has 4 heteroatoms. The summed E-state index contributed by atoms with van der Waals surface area (Å²) in [5, 5.41) is 0. The van der Waals surface area contributed by atoms with Crippen molar-refractivity contribution in [3.05, 3.63) is 12.3 Å². The van der Waals surface area contributed by atoms with Crippen molar-refractivity contribution in [1.29, 1.82) is 0 Å². The van der Waals surface area contributed by atoms with Crippen LogP contribution >= 0.6 is 0 Å². The van der Waals surface area contributed by atoms with Crippen molar-refractivity contribution in [2.75, 3.05) is 20.8 Å². The maximum atomic E-state index is 10.8. The van der Waals surface area contributed by atoms with E-state index in [1.165, 1.54) is 13.2 Å². The maximum Gasteiger partial charge on any atom is 0.331 e. The van der Waals surface area contributed by atoms with Gasteiger partial charge in [-0.25, -0.2) is 4.79 Å². The second-order valence-electron chi connectivity index (χ2n) is 3.44. The van der Waals surface area contributed by atoms with Gasteiger partial charge in [0.25, 0.3) is 0 Å². The van der Waals surface area contributed by atoms with Gasteiger partial charge in [-0.05, 0) is 13.3 Å². The van der Waals surface area contributed by atoms with Gasteiger partial charge in [-0.15, -0.1) is 0 Å². The fourth-order valence-corrected chi connectivity index (χ4v) is 1.61. The minimum Gasteiger partial charge on any atom is -0.466 e. The van der Waals surface area contributed by atoms with E-state index in [9.17, 15) is 4.79 Å². The molecule has 0 aromatic carbocycles. The minimum absolute atomic E-state index is 0.224. The number of likely N-dealkylation sites (N-methyl/N-ethyl adjacent to an activating group) is 1. The Hall–Kier alpha value is -1.03. The molecule has 1 aliphatic rings. The van der Waals surface area contributed by atoms with Gasteiger partial charge in [-0.3, -0.25) is 0 Å². The van der Waals surface area contributed by atoms with Crippen molar-refractivity contribution in [3.8, 4) is 0 Å². The number of hydrogen-bond acceptors (Lipinski definition) is 4. The lowest BCUT2D eigenvalue weighted by Gasteiger charge is -2.24. The molecule has 0 spiro atoms. The van der Waals surface area contributed by atoms with E-state index in [-0.39, 0.29) is 12.1 Å². The van der Waals surface area contributed by atoms with Crippen LogP contribution in [-0.4, -0.2) is 43.8 Å². The van der Waals surface area contributed by atoms with Crippen molar-refractivity contribution in [2.45, 2.75) is 25.5 Å². The SMILES string of the molecule is COC(=O)/C=C/N(C)C1CCOC1C. The van der Waals surface area contributed by atoms with Gasteiger partial charge in [0.2, 0.25) is 0 Å². The zero-order valence-corrected chi connectivity index (χ0v) is 8.90. The first-order chi connectivity index (χ1) is 6.65. The first-order valence-corrected chi connectivity index (χ1v) is 4.75. The van der Waals surface area contributed by atoms with Crippen LogP contribution in [0.3, 0.4) is 0 Å². The number of rotatable bonds is 3. The number of methoxy groups -OCH3 is 1. The first-order valence-electron chi connectivity index (χ1n) is 4.75. The fourth-order valence-electron chi connectivity index (χ4n) is 1.61. The third-order valence-corrected chi connectivity index (χ3v) is 2.51. The van der Waals surface area contributed by atoms with E-state index < -0.39 is 0 Å². The van der Waals surface area contributed by atoms with Crippen LogP contribution in [0.2, 0.25) is 0 Å². The summed E-state index contributed by atoms with van der Waals surface area (Å²) >= 11 is 0. The largest absolute Gasteiger partial charge is 0.466 e. The standard InChI is InChI=1S/C10H17NO3/c1-8-9(5-7-14-8)11(2)6-4-10(12)13-3/h4,6,8-9H,5,7H2,1-3H3/b6-4+.